The van der Waals surface area contributed by atoms with Gasteiger partial charge in [-0.3, -0.25) is 47.9 Å². The molecule has 10 amide bonds. The largest absolute Gasteiger partial charge is 0.394 e. The molecule has 2 rings (SSSR count). The van der Waals surface area contributed by atoms with E-state index in [1.54, 1.807) is 30.3 Å². The third-order valence-electron chi connectivity index (χ3n) is 9.45. The molecule has 0 aromatic heterocycles. The Balaban J connectivity index is 2.71. The molecule has 1 aromatic rings. The number of benzene rings is 1. The fourth-order valence-corrected chi connectivity index (χ4v) is 5.51. The highest BCUT2D eigenvalue weighted by Gasteiger charge is 2.41. The molecule has 0 bridgehead atoms. The summed E-state index contributed by atoms with van der Waals surface area (Å²) in [6, 6.07) is -3.78. The monoisotopic (exact) mass is 892 g/mol. The zero-order valence-electron chi connectivity index (χ0n) is 35.0. The average molecular weight is 893 g/mol. The Kier molecular flexibility index (Phi) is 20.7. The summed E-state index contributed by atoms with van der Waals surface area (Å²) in [5, 5.41) is 72.0. The number of amides is 10. The van der Waals surface area contributed by atoms with Gasteiger partial charge in [0.05, 0.1) is 19.3 Å². The zero-order valence-corrected chi connectivity index (χ0v) is 35.0. The summed E-state index contributed by atoms with van der Waals surface area (Å²) in [4.78, 5) is 133. The molecule has 1 heterocycles. The molecule has 348 valence electrons. The summed E-state index contributed by atoms with van der Waals surface area (Å²) in [6.07, 6.45) is -7.65. The van der Waals surface area contributed by atoms with Crippen molar-refractivity contribution in [3.8, 4) is 0 Å². The van der Waals surface area contributed by atoms with Crippen molar-refractivity contribution in [2.75, 3.05) is 19.7 Å². The zero-order chi connectivity index (χ0) is 47.7. The van der Waals surface area contributed by atoms with Crippen LogP contribution in [0.3, 0.4) is 0 Å². The van der Waals surface area contributed by atoms with E-state index in [1.807, 2.05) is 16.0 Å². The van der Waals surface area contributed by atoms with E-state index in [9.17, 15) is 73.5 Å². The fraction of sp³-hybridized carbons (Fsp3) is 0.526. The molecule has 0 saturated carbocycles. The summed E-state index contributed by atoms with van der Waals surface area (Å²) in [6.45, 7) is 3.74. The lowest BCUT2D eigenvalue weighted by Gasteiger charge is -2.31. The van der Waals surface area contributed by atoms with E-state index in [-0.39, 0.29) is 12.1 Å². The number of carbonyl (C=O) groups excluding carboxylic acids is 10. The second kappa shape index (κ2) is 24.8. The van der Waals surface area contributed by atoms with E-state index in [0.717, 1.165) is 6.92 Å². The fourth-order valence-electron chi connectivity index (χ4n) is 5.51. The number of carbonyl (C=O) groups is 10. The predicted molar refractivity (Wildman–Crippen MR) is 216 cm³/mol. The lowest BCUT2D eigenvalue weighted by molar-refractivity contribution is -0.144. The first-order chi connectivity index (χ1) is 29.5. The normalized spacial score (nSPS) is 25.4. The molecule has 25 nitrogen and oxygen atoms in total. The molecule has 63 heavy (non-hydrogen) atoms. The second-order valence-electron chi connectivity index (χ2n) is 14.7. The van der Waals surface area contributed by atoms with Crippen molar-refractivity contribution < 1.29 is 73.5 Å². The van der Waals surface area contributed by atoms with Gasteiger partial charge >= 0.3 is 0 Å². The third-order valence-corrected chi connectivity index (χ3v) is 9.45. The summed E-state index contributed by atoms with van der Waals surface area (Å²) in [5.74, 6) is -13.7. The lowest BCUT2D eigenvalue weighted by atomic mass is 9.99. The summed E-state index contributed by atoms with van der Waals surface area (Å²) in [7, 11) is 0. The van der Waals surface area contributed by atoms with Crippen molar-refractivity contribution in [2.24, 2.45) is 11.7 Å². The molecule has 10 atom stereocenters. The number of allylic oxidation sites excluding steroid dienone is 1. The summed E-state index contributed by atoms with van der Waals surface area (Å²) in [5.41, 5.74) is 5.82. The molecule has 0 radical (unpaired) electrons. The Morgan fingerprint density at radius 2 is 1.30 bits per heavy atom. The van der Waals surface area contributed by atoms with E-state index >= 15 is 0 Å². The van der Waals surface area contributed by atoms with Gasteiger partial charge in [0.1, 0.15) is 42.4 Å². The minimum absolute atomic E-state index is 0.174. The third kappa shape index (κ3) is 15.7. The Bertz CT molecular complexity index is 1880. The summed E-state index contributed by atoms with van der Waals surface area (Å²) >= 11 is 0. The maximum Gasteiger partial charge on any atom is 0.253 e. The molecule has 16 N–H and O–H groups in total. The average Bonchev–Trinajstić information content (AvgIpc) is 3.25. The molecular formula is C38H56N10O15. The van der Waals surface area contributed by atoms with Gasteiger partial charge in [0, 0.05) is 18.7 Å². The van der Waals surface area contributed by atoms with E-state index in [2.05, 4.69) is 31.9 Å². The quantitative estimate of drug-likeness (QED) is 0.0685. The van der Waals surface area contributed by atoms with Crippen molar-refractivity contribution in [3.05, 3.63) is 47.5 Å². The van der Waals surface area contributed by atoms with Gasteiger partial charge in [-0.2, -0.15) is 0 Å². The van der Waals surface area contributed by atoms with Gasteiger partial charge in [-0.1, -0.05) is 50.3 Å². The van der Waals surface area contributed by atoms with Gasteiger partial charge in [-0.05, 0) is 32.3 Å². The van der Waals surface area contributed by atoms with Crippen molar-refractivity contribution in [1.29, 1.82) is 0 Å². The Labute approximate surface area is 360 Å². The van der Waals surface area contributed by atoms with Crippen molar-refractivity contribution in [1.82, 2.24) is 47.9 Å². The predicted octanol–water partition coefficient (Wildman–Crippen LogP) is -7.98. The van der Waals surface area contributed by atoms with Crippen molar-refractivity contribution in [3.63, 3.8) is 0 Å². The van der Waals surface area contributed by atoms with Crippen LogP contribution in [0.2, 0.25) is 0 Å². The molecule has 1 saturated heterocycles. The number of aliphatic hydroxyl groups is 5. The van der Waals surface area contributed by atoms with Crippen LogP contribution in [-0.4, -0.2) is 165 Å². The van der Waals surface area contributed by atoms with Gasteiger partial charge in [-0.25, -0.2) is 0 Å². The number of rotatable bonds is 12. The molecule has 1 aromatic carbocycles. The van der Waals surface area contributed by atoms with E-state index in [0.29, 0.717) is 5.56 Å². The lowest BCUT2D eigenvalue weighted by Crippen LogP contribution is -2.66. The van der Waals surface area contributed by atoms with Crippen LogP contribution >= 0.6 is 0 Å². The van der Waals surface area contributed by atoms with Crippen LogP contribution in [0.25, 0.3) is 0 Å². The van der Waals surface area contributed by atoms with Gasteiger partial charge in [0.25, 0.3) is 17.7 Å². The number of primary amides is 1. The van der Waals surface area contributed by atoms with Crippen LogP contribution in [0.15, 0.2) is 42.0 Å². The number of nitrogens with two attached hydrogens (primary N) is 1. The molecule has 0 aliphatic carbocycles. The van der Waals surface area contributed by atoms with Gasteiger partial charge in [-0.15, -0.1) is 0 Å². The van der Waals surface area contributed by atoms with E-state index in [1.165, 1.54) is 33.8 Å². The highest BCUT2D eigenvalue weighted by Crippen LogP contribution is 2.09. The van der Waals surface area contributed by atoms with Crippen LogP contribution in [0, 0.1) is 5.92 Å². The maximum absolute atomic E-state index is 13.8. The Morgan fingerprint density at radius 3 is 1.86 bits per heavy atom. The van der Waals surface area contributed by atoms with Crippen LogP contribution < -0.4 is 53.6 Å². The number of hydrogen-bond donors (Lipinski definition) is 15. The second-order valence-corrected chi connectivity index (χ2v) is 14.7. The van der Waals surface area contributed by atoms with Gasteiger partial charge in [0.15, 0.2) is 12.1 Å². The molecule has 0 spiro atoms. The molecule has 1 aliphatic rings. The van der Waals surface area contributed by atoms with Crippen LogP contribution in [-0.2, 0) is 54.5 Å². The van der Waals surface area contributed by atoms with Crippen LogP contribution in [0.4, 0.5) is 0 Å². The minimum atomic E-state index is -2.52. The number of aliphatic hydroxyl groups excluding tert-OH is 5. The van der Waals surface area contributed by atoms with Gasteiger partial charge < -0.3 is 79.1 Å². The Morgan fingerprint density at radius 1 is 0.746 bits per heavy atom. The van der Waals surface area contributed by atoms with Crippen molar-refractivity contribution >= 4 is 59.1 Å². The molecule has 1 aliphatic heterocycles. The standard InChI is InChI=1S/C38H56N10O15/c1-6-17(4)30(55)41-13-20-31(56)44-21(15-49)32(57)45-23(16(2)3)36(61)47-25(27(52)28(53)29(39)54)37(62)46-24(18(5)50)34(59)42-14-22(51)33(58)48-26(38(63)43-20)35(60)40-12-19-10-8-7-9-11-19/h6-11,16,18,20-28,49-53H,12-15H2,1-5H3,(H2,39,54)(H,40,60)(H,41,55)(H,42,59)(H,43,63)(H,44,56)(H,45,57)(H,46,62)(H,47,61)(H,48,58)/b17-6-. The van der Waals surface area contributed by atoms with E-state index in [4.69, 9.17) is 5.73 Å². The van der Waals surface area contributed by atoms with Gasteiger partial charge in [0.2, 0.25) is 41.4 Å². The smallest absolute Gasteiger partial charge is 0.253 e. The highest BCUT2D eigenvalue weighted by molar-refractivity contribution is 6.08. The first-order valence-electron chi connectivity index (χ1n) is 19.5. The van der Waals surface area contributed by atoms with E-state index < -0.39 is 145 Å². The highest BCUT2D eigenvalue weighted by atomic mass is 16.3. The molecular weight excluding hydrogens is 836 g/mol. The first kappa shape index (κ1) is 52.6. The van der Waals surface area contributed by atoms with Crippen LogP contribution in [0.5, 0.6) is 0 Å². The first-order valence-corrected chi connectivity index (χ1v) is 19.5. The SMILES string of the molecule is C/C=C(/C)C(=O)NCC1NC(=O)C(C(=O)NCc2ccccc2)NC(=O)C(O)CNC(=O)C(C(C)O)NC(=O)C(C(O)C(O)C(N)=O)NC(=O)C(C(C)C)NC(=O)C(CO)NC1=O. The molecule has 25 heteroatoms. The van der Waals surface area contributed by atoms with Crippen LogP contribution in [0.1, 0.15) is 40.2 Å². The summed E-state index contributed by atoms with van der Waals surface area (Å²) < 4.78 is 0. The topological polar surface area (TPSA) is 406 Å². The Hall–Kier alpha value is -6.54. The maximum atomic E-state index is 13.8. The minimum Gasteiger partial charge on any atom is -0.394 e. The van der Waals surface area contributed by atoms with Crippen molar-refractivity contribution in [2.45, 2.75) is 102 Å². The number of nitrogens with one attached hydrogen (secondary N) is 9. The molecule has 1 fully saturated rings. The molecule has 10 unspecified atom stereocenters. The number of β-amino-alcohol motifs (C(OH)–C–C–N with tert-alkyl or cyclic N) is 1. The number of hydrogen-bond acceptors (Lipinski definition) is 15.